The first-order valence-corrected chi connectivity index (χ1v) is 5.70. The van der Waals surface area contributed by atoms with Crippen molar-refractivity contribution in [3.05, 3.63) is 33.8 Å². The van der Waals surface area contributed by atoms with Crippen LogP contribution in [0, 0.1) is 5.82 Å². The van der Waals surface area contributed by atoms with Crippen molar-refractivity contribution in [2.24, 2.45) is 0 Å². The van der Waals surface area contributed by atoms with E-state index >= 15 is 0 Å². The molecule has 0 atom stereocenters. The van der Waals surface area contributed by atoms with Gasteiger partial charge in [-0.3, -0.25) is 0 Å². The quantitative estimate of drug-likeness (QED) is 0.839. The van der Waals surface area contributed by atoms with Gasteiger partial charge in [0.15, 0.2) is 0 Å². The summed E-state index contributed by atoms with van der Waals surface area (Å²) in [7, 11) is 0. The molecule has 2 rings (SSSR count). The van der Waals surface area contributed by atoms with E-state index in [2.05, 4.69) is 26.0 Å². The SMILES string of the molecule is [2H]C([2H])([2H])C([2H])(n1nc(Br)nc1Oc1cc(F)cc(Cl)c1)C([2H])([2H])[2H]. The molecule has 4 nitrogen and oxygen atoms in total. The fourth-order valence-corrected chi connectivity index (χ4v) is 1.70. The largest absolute Gasteiger partial charge is 0.424 e. The lowest BCUT2D eigenvalue weighted by Crippen LogP contribution is -2.05. The highest BCUT2D eigenvalue weighted by Gasteiger charge is 2.13. The van der Waals surface area contributed by atoms with Gasteiger partial charge in [0.05, 0.1) is 7.39 Å². The first kappa shape index (κ1) is 6.86. The summed E-state index contributed by atoms with van der Waals surface area (Å²) in [5.41, 5.74) is 0. The Morgan fingerprint density at radius 2 is 2.33 bits per heavy atom. The summed E-state index contributed by atoms with van der Waals surface area (Å²) in [6.07, 6.45) is 0. The van der Waals surface area contributed by atoms with Gasteiger partial charge in [-0.1, -0.05) is 11.6 Å². The molecule has 0 saturated heterocycles. The number of nitrogens with zero attached hydrogens (tertiary/aromatic N) is 3. The van der Waals surface area contributed by atoms with Crippen LogP contribution in [0.15, 0.2) is 22.9 Å². The fourth-order valence-electron chi connectivity index (χ4n) is 1.18. The van der Waals surface area contributed by atoms with Gasteiger partial charge >= 0.3 is 6.01 Å². The molecule has 1 aromatic carbocycles. The van der Waals surface area contributed by atoms with E-state index in [4.69, 9.17) is 25.9 Å². The molecule has 0 radical (unpaired) electrons. The second kappa shape index (κ2) is 5.24. The monoisotopic (exact) mass is 340 g/mol. The molecule has 7 heteroatoms. The van der Waals surface area contributed by atoms with Crippen LogP contribution in [0.3, 0.4) is 0 Å². The zero-order valence-electron chi connectivity index (χ0n) is 15.6. The van der Waals surface area contributed by atoms with Crippen LogP contribution in [-0.2, 0) is 0 Å². The smallest absolute Gasteiger partial charge is 0.321 e. The van der Waals surface area contributed by atoms with E-state index in [-0.39, 0.29) is 15.5 Å². The van der Waals surface area contributed by atoms with Gasteiger partial charge in [-0.15, -0.1) is 5.10 Å². The van der Waals surface area contributed by atoms with Crippen molar-refractivity contribution in [1.82, 2.24) is 14.8 Å². The minimum Gasteiger partial charge on any atom is -0.424 e. The van der Waals surface area contributed by atoms with Gasteiger partial charge in [0.2, 0.25) is 4.73 Å². The summed E-state index contributed by atoms with van der Waals surface area (Å²) in [6.45, 7) is -6.60. The number of hydrogen-bond acceptors (Lipinski definition) is 3. The molecule has 0 aliphatic heterocycles. The van der Waals surface area contributed by atoms with Crippen LogP contribution >= 0.6 is 27.5 Å². The average molecular weight is 342 g/mol. The minimum absolute atomic E-state index is 0.0103. The predicted octanol–water partition coefficient (Wildman–Crippen LogP) is 4.21. The Morgan fingerprint density at radius 3 is 3.00 bits per heavy atom. The van der Waals surface area contributed by atoms with E-state index in [1.54, 1.807) is 0 Å². The molecule has 1 heterocycles. The molecule has 96 valence electrons. The van der Waals surface area contributed by atoms with Crippen molar-refractivity contribution in [3.8, 4) is 11.8 Å². The molecule has 18 heavy (non-hydrogen) atoms. The number of ether oxygens (including phenoxy) is 1. The molecule has 0 N–H and O–H groups in total. The number of benzene rings is 1. The lowest BCUT2D eigenvalue weighted by Gasteiger charge is -2.09. The fraction of sp³-hybridized carbons (Fsp3) is 0.273. The van der Waals surface area contributed by atoms with E-state index in [1.165, 1.54) is 6.07 Å². The van der Waals surface area contributed by atoms with E-state index in [1.807, 2.05) is 0 Å². The molecule has 0 unspecified atom stereocenters. The Hall–Kier alpha value is -1.14. The van der Waals surface area contributed by atoms with E-state index in [0.717, 1.165) is 12.1 Å². The molecule has 0 amide bonds. The Morgan fingerprint density at radius 1 is 1.56 bits per heavy atom. The second-order valence-electron chi connectivity index (χ2n) is 3.13. The summed E-state index contributed by atoms with van der Waals surface area (Å²) in [6, 6.07) is -0.681. The van der Waals surface area contributed by atoms with Crippen LogP contribution in [0.4, 0.5) is 4.39 Å². The summed E-state index contributed by atoms with van der Waals surface area (Å²) in [5, 5.41) is 3.61. The first-order valence-electron chi connectivity index (χ1n) is 8.03. The van der Waals surface area contributed by atoms with E-state index in [0.29, 0.717) is 4.68 Å². The third kappa shape index (κ3) is 3.00. The van der Waals surface area contributed by atoms with Crippen molar-refractivity contribution in [2.45, 2.75) is 19.7 Å². The predicted molar refractivity (Wildman–Crippen MR) is 69.6 cm³/mol. The van der Waals surface area contributed by atoms with Crippen molar-refractivity contribution >= 4 is 27.5 Å². The van der Waals surface area contributed by atoms with Crippen LogP contribution in [0.1, 0.15) is 29.3 Å². The van der Waals surface area contributed by atoms with Gasteiger partial charge in [0, 0.05) is 19.3 Å². The van der Waals surface area contributed by atoms with Crippen LogP contribution in [0.25, 0.3) is 0 Å². The summed E-state index contributed by atoms with van der Waals surface area (Å²) < 4.78 is 71.7. The van der Waals surface area contributed by atoms with Crippen molar-refractivity contribution in [3.63, 3.8) is 0 Å². The van der Waals surface area contributed by atoms with E-state index < -0.39 is 31.5 Å². The maximum absolute atomic E-state index is 13.4. The van der Waals surface area contributed by atoms with Crippen molar-refractivity contribution in [1.29, 1.82) is 0 Å². The molecule has 0 aliphatic rings. The van der Waals surface area contributed by atoms with Crippen molar-refractivity contribution in [2.75, 3.05) is 0 Å². The average Bonchev–Trinajstić information content (AvgIpc) is 2.74. The van der Waals surface area contributed by atoms with Gasteiger partial charge in [-0.05, 0) is 41.8 Å². The normalized spacial score (nSPS) is 18.7. The van der Waals surface area contributed by atoms with Crippen LogP contribution in [-0.4, -0.2) is 14.8 Å². The second-order valence-corrected chi connectivity index (χ2v) is 4.28. The first-order chi connectivity index (χ1) is 11.3. The Kier molecular flexibility index (Phi) is 2.00. The molecular weight excluding hydrogens is 324 g/mol. The maximum Gasteiger partial charge on any atom is 0.321 e. The Balaban J connectivity index is 2.60. The highest BCUT2D eigenvalue weighted by atomic mass is 79.9. The molecule has 0 bridgehead atoms. The number of halogens is 3. The van der Waals surface area contributed by atoms with Gasteiger partial charge in [-0.25, -0.2) is 9.07 Å². The topological polar surface area (TPSA) is 39.9 Å². The number of rotatable bonds is 3. The summed E-state index contributed by atoms with van der Waals surface area (Å²) in [4.78, 5) is 3.72. The molecule has 0 aliphatic carbocycles. The summed E-state index contributed by atoms with van der Waals surface area (Å²) >= 11 is 8.58. The third-order valence-corrected chi connectivity index (χ3v) is 2.36. The minimum atomic E-state index is -3.30. The van der Waals surface area contributed by atoms with Crippen molar-refractivity contribution < 1.29 is 18.7 Å². The number of hydrogen-bond donors (Lipinski definition) is 0. The van der Waals surface area contributed by atoms with Crippen LogP contribution < -0.4 is 4.74 Å². The summed E-state index contributed by atoms with van der Waals surface area (Å²) in [5.74, 6) is -0.916. The zero-order chi connectivity index (χ0) is 19.2. The standard InChI is InChI=1S/C11H10BrClFN3O/c1-6(2)17-11(15-10(12)16-17)18-9-4-7(13)3-8(14)5-9/h3-6H,1-2H3/i1D3,2D3,6D. The lowest BCUT2D eigenvalue weighted by molar-refractivity contribution is 0.375. The molecular formula is C11H10BrClFN3O. The molecule has 0 spiro atoms. The van der Waals surface area contributed by atoms with Gasteiger partial charge in [0.1, 0.15) is 11.6 Å². The molecule has 1 aromatic heterocycles. The highest BCUT2D eigenvalue weighted by Crippen LogP contribution is 2.26. The molecule has 0 fully saturated rings. The third-order valence-electron chi connectivity index (χ3n) is 1.81. The van der Waals surface area contributed by atoms with Crippen LogP contribution in [0.2, 0.25) is 5.02 Å². The molecule has 2 aromatic rings. The Labute approximate surface area is 127 Å². The maximum atomic E-state index is 13.4. The lowest BCUT2D eigenvalue weighted by atomic mass is 10.3. The van der Waals surface area contributed by atoms with E-state index in [9.17, 15) is 4.39 Å². The van der Waals surface area contributed by atoms with Gasteiger partial charge in [-0.2, -0.15) is 4.98 Å². The zero-order valence-corrected chi connectivity index (χ0v) is 11.0. The molecule has 0 saturated carbocycles. The van der Waals surface area contributed by atoms with Crippen LogP contribution in [0.5, 0.6) is 11.8 Å². The highest BCUT2D eigenvalue weighted by molar-refractivity contribution is 9.10. The van der Waals surface area contributed by atoms with Gasteiger partial charge in [0.25, 0.3) is 0 Å². The Bertz CT molecular complexity index is 761. The number of aromatic nitrogens is 3. The van der Waals surface area contributed by atoms with Gasteiger partial charge < -0.3 is 4.74 Å².